The molecule has 19 heavy (non-hydrogen) atoms. The molecule has 2 atom stereocenters. The molecule has 1 fully saturated rings. The molecule has 1 aliphatic rings. The lowest BCUT2D eigenvalue weighted by atomic mass is 9.98. The van der Waals surface area contributed by atoms with Crippen LogP contribution in [-0.4, -0.2) is 16.5 Å². The molecule has 0 saturated heterocycles. The summed E-state index contributed by atoms with van der Waals surface area (Å²) in [7, 11) is 0. The van der Waals surface area contributed by atoms with Crippen molar-refractivity contribution in [2.75, 3.05) is 17.6 Å². The molecule has 2 aromatic rings. The lowest BCUT2D eigenvalue weighted by molar-refractivity contribution is 0.439. The normalized spacial score (nSPS) is 22.8. The van der Waals surface area contributed by atoms with E-state index < -0.39 is 0 Å². The summed E-state index contributed by atoms with van der Waals surface area (Å²) < 4.78 is 0. The molecule has 0 spiro atoms. The third-order valence-electron chi connectivity index (χ3n) is 4.19. The molecule has 1 aliphatic carbocycles. The van der Waals surface area contributed by atoms with Gasteiger partial charge in [-0.05, 0) is 30.4 Å². The quantitative estimate of drug-likeness (QED) is 0.886. The van der Waals surface area contributed by atoms with Gasteiger partial charge in [0.1, 0.15) is 5.82 Å². The maximum atomic E-state index is 5.77. The van der Waals surface area contributed by atoms with E-state index in [1.807, 2.05) is 24.3 Å². The summed E-state index contributed by atoms with van der Waals surface area (Å²) in [4.78, 5) is 8.60. The van der Waals surface area contributed by atoms with Crippen LogP contribution in [0.2, 0.25) is 0 Å². The van der Waals surface area contributed by atoms with Gasteiger partial charge in [0.25, 0.3) is 0 Å². The lowest BCUT2D eigenvalue weighted by Gasteiger charge is -2.17. The standard InChI is InChI=1S/C15H20N4/c1-10-5-4-6-11(10)9-17-14-12-7-2-3-8-13(12)18-15(16)19-14/h2-3,7-8,10-11H,4-6,9H2,1H3,(H3,16,17,18,19). The molecule has 3 N–H and O–H groups in total. The number of para-hydroxylation sites is 1. The summed E-state index contributed by atoms with van der Waals surface area (Å²) in [6.45, 7) is 3.31. The zero-order valence-electron chi connectivity index (χ0n) is 11.3. The fourth-order valence-electron chi connectivity index (χ4n) is 2.98. The van der Waals surface area contributed by atoms with Crippen LogP contribution in [0.25, 0.3) is 10.9 Å². The van der Waals surface area contributed by atoms with Crippen molar-refractivity contribution in [3.05, 3.63) is 24.3 Å². The molecule has 1 aromatic carbocycles. The number of hydrogen-bond donors (Lipinski definition) is 2. The van der Waals surface area contributed by atoms with Gasteiger partial charge in [-0.15, -0.1) is 0 Å². The second-order valence-electron chi connectivity index (χ2n) is 5.50. The molecule has 3 rings (SSSR count). The number of nitrogens with zero attached hydrogens (tertiary/aromatic N) is 2. The van der Waals surface area contributed by atoms with Crippen molar-refractivity contribution in [2.45, 2.75) is 26.2 Å². The van der Waals surface area contributed by atoms with Gasteiger partial charge < -0.3 is 11.1 Å². The van der Waals surface area contributed by atoms with Crippen LogP contribution in [-0.2, 0) is 0 Å². The van der Waals surface area contributed by atoms with E-state index in [2.05, 4.69) is 22.2 Å². The van der Waals surface area contributed by atoms with Crippen LogP contribution in [0.5, 0.6) is 0 Å². The van der Waals surface area contributed by atoms with E-state index in [0.29, 0.717) is 5.95 Å². The Morgan fingerprint density at radius 3 is 2.89 bits per heavy atom. The molecule has 0 radical (unpaired) electrons. The Morgan fingerprint density at radius 2 is 2.11 bits per heavy atom. The number of fused-ring (bicyclic) bond motifs is 1. The highest BCUT2D eigenvalue weighted by molar-refractivity contribution is 5.89. The Hall–Kier alpha value is -1.84. The highest BCUT2D eigenvalue weighted by Gasteiger charge is 2.23. The molecule has 1 heterocycles. The minimum Gasteiger partial charge on any atom is -0.369 e. The van der Waals surface area contributed by atoms with Crippen molar-refractivity contribution in [3.8, 4) is 0 Å². The van der Waals surface area contributed by atoms with E-state index in [1.165, 1.54) is 19.3 Å². The highest BCUT2D eigenvalue weighted by atomic mass is 15.1. The van der Waals surface area contributed by atoms with Crippen LogP contribution in [0.15, 0.2) is 24.3 Å². The molecule has 1 aromatic heterocycles. The van der Waals surface area contributed by atoms with Gasteiger partial charge in [-0.1, -0.05) is 31.9 Å². The fraction of sp³-hybridized carbons (Fsp3) is 0.467. The number of anilines is 2. The summed E-state index contributed by atoms with van der Waals surface area (Å²) in [6.07, 6.45) is 4.01. The van der Waals surface area contributed by atoms with E-state index in [4.69, 9.17) is 5.73 Å². The van der Waals surface area contributed by atoms with Gasteiger partial charge in [-0.2, -0.15) is 4.98 Å². The van der Waals surface area contributed by atoms with Gasteiger partial charge in [0.05, 0.1) is 5.52 Å². The molecular formula is C15H20N4. The van der Waals surface area contributed by atoms with Gasteiger partial charge >= 0.3 is 0 Å². The second-order valence-corrected chi connectivity index (χ2v) is 5.50. The highest BCUT2D eigenvalue weighted by Crippen LogP contribution is 2.31. The number of aromatic nitrogens is 2. The number of hydrogen-bond acceptors (Lipinski definition) is 4. The number of nitrogens with one attached hydrogen (secondary N) is 1. The summed E-state index contributed by atoms with van der Waals surface area (Å²) >= 11 is 0. The Balaban J connectivity index is 1.84. The second kappa shape index (κ2) is 5.03. The maximum Gasteiger partial charge on any atom is 0.222 e. The topological polar surface area (TPSA) is 63.8 Å². The minimum absolute atomic E-state index is 0.334. The Bertz CT molecular complexity index is 581. The molecule has 100 valence electrons. The number of nitrogen functional groups attached to an aromatic ring is 1. The van der Waals surface area contributed by atoms with Crippen molar-refractivity contribution in [3.63, 3.8) is 0 Å². The predicted octanol–water partition coefficient (Wildman–Crippen LogP) is 3.06. The Labute approximate surface area is 113 Å². The summed E-state index contributed by atoms with van der Waals surface area (Å²) in [5, 5.41) is 4.51. The fourth-order valence-corrected chi connectivity index (χ4v) is 2.98. The third kappa shape index (κ3) is 2.48. The monoisotopic (exact) mass is 256 g/mol. The average Bonchev–Trinajstić information content (AvgIpc) is 2.81. The van der Waals surface area contributed by atoms with Crippen LogP contribution in [0.3, 0.4) is 0 Å². The maximum absolute atomic E-state index is 5.77. The van der Waals surface area contributed by atoms with Crippen LogP contribution < -0.4 is 11.1 Å². The molecule has 0 bridgehead atoms. The van der Waals surface area contributed by atoms with Crippen LogP contribution >= 0.6 is 0 Å². The summed E-state index contributed by atoms with van der Waals surface area (Å²) in [5.41, 5.74) is 6.67. The van der Waals surface area contributed by atoms with Crippen molar-refractivity contribution >= 4 is 22.7 Å². The predicted molar refractivity (Wildman–Crippen MR) is 78.9 cm³/mol. The summed E-state index contributed by atoms with van der Waals surface area (Å²) in [6, 6.07) is 7.98. The van der Waals surface area contributed by atoms with E-state index in [1.54, 1.807) is 0 Å². The SMILES string of the molecule is CC1CCCC1CNc1nc(N)nc2ccccc12. The molecular weight excluding hydrogens is 236 g/mol. The van der Waals surface area contributed by atoms with E-state index in [9.17, 15) is 0 Å². The summed E-state index contributed by atoms with van der Waals surface area (Å²) in [5.74, 6) is 2.75. The largest absolute Gasteiger partial charge is 0.369 e. The number of rotatable bonds is 3. The van der Waals surface area contributed by atoms with E-state index in [0.717, 1.165) is 35.1 Å². The van der Waals surface area contributed by atoms with Crippen molar-refractivity contribution in [1.82, 2.24) is 9.97 Å². The number of nitrogens with two attached hydrogens (primary N) is 1. The first-order chi connectivity index (χ1) is 9.24. The van der Waals surface area contributed by atoms with E-state index >= 15 is 0 Å². The van der Waals surface area contributed by atoms with Crippen molar-refractivity contribution in [2.24, 2.45) is 11.8 Å². The minimum atomic E-state index is 0.334. The molecule has 4 heteroatoms. The van der Waals surface area contributed by atoms with Gasteiger partial charge in [0.2, 0.25) is 5.95 Å². The first-order valence-corrected chi connectivity index (χ1v) is 7.00. The van der Waals surface area contributed by atoms with Crippen molar-refractivity contribution < 1.29 is 0 Å². The first kappa shape index (κ1) is 12.2. The third-order valence-corrected chi connectivity index (χ3v) is 4.19. The molecule has 2 unspecified atom stereocenters. The first-order valence-electron chi connectivity index (χ1n) is 7.00. The van der Waals surface area contributed by atoms with Gasteiger partial charge in [-0.25, -0.2) is 4.98 Å². The smallest absolute Gasteiger partial charge is 0.222 e. The Kier molecular flexibility index (Phi) is 3.23. The van der Waals surface area contributed by atoms with Gasteiger partial charge in [-0.3, -0.25) is 0 Å². The Morgan fingerprint density at radius 1 is 1.26 bits per heavy atom. The van der Waals surface area contributed by atoms with Gasteiger partial charge in [0, 0.05) is 11.9 Å². The zero-order chi connectivity index (χ0) is 13.2. The zero-order valence-corrected chi connectivity index (χ0v) is 11.3. The van der Waals surface area contributed by atoms with Crippen molar-refractivity contribution in [1.29, 1.82) is 0 Å². The average molecular weight is 256 g/mol. The van der Waals surface area contributed by atoms with Crippen LogP contribution in [0.1, 0.15) is 26.2 Å². The van der Waals surface area contributed by atoms with Crippen LogP contribution in [0, 0.1) is 11.8 Å². The molecule has 1 saturated carbocycles. The number of benzene rings is 1. The molecule has 0 aliphatic heterocycles. The molecule has 4 nitrogen and oxygen atoms in total. The van der Waals surface area contributed by atoms with Gasteiger partial charge in [0.15, 0.2) is 0 Å². The molecule has 0 amide bonds. The van der Waals surface area contributed by atoms with Crippen LogP contribution in [0.4, 0.5) is 11.8 Å². The van der Waals surface area contributed by atoms with E-state index in [-0.39, 0.29) is 0 Å². The lowest BCUT2D eigenvalue weighted by Crippen LogP contribution is -2.17.